The van der Waals surface area contributed by atoms with Crippen LogP contribution in [0.15, 0.2) is 36.5 Å². The lowest BCUT2D eigenvalue weighted by atomic mass is 9.85. The number of allylic oxidation sites excluding steroid dienone is 6. The number of ether oxygens (including phenoxy) is 2. The molecule has 1 saturated carbocycles. The van der Waals surface area contributed by atoms with Crippen molar-refractivity contribution in [2.75, 3.05) is 13.2 Å². The zero-order valence-electron chi connectivity index (χ0n) is 35.6. The van der Waals surface area contributed by atoms with Gasteiger partial charge in [-0.25, -0.2) is 4.57 Å². The van der Waals surface area contributed by atoms with E-state index >= 15 is 0 Å². The van der Waals surface area contributed by atoms with Crippen LogP contribution in [0.4, 0.5) is 0 Å². The number of carbonyl (C=O) groups is 2. The Labute approximate surface area is 348 Å². The van der Waals surface area contributed by atoms with Crippen molar-refractivity contribution in [3.05, 3.63) is 36.5 Å². The number of carbonyl (C=O) groups excluding carboxylic acids is 2. The van der Waals surface area contributed by atoms with Crippen molar-refractivity contribution in [2.45, 2.75) is 217 Å². The van der Waals surface area contributed by atoms with Gasteiger partial charge in [-0.15, -0.1) is 0 Å². The monoisotopic (exact) mass is 847 g/mol. The minimum absolute atomic E-state index is 0.0835. The normalized spacial score (nSPS) is 22.8. The average Bonchev–Trinajstić information content (AvgIpc) is 3.20. The molecule has 0 amide bonds. The summed E-state index contributed by atoms with van der Waals surface area (Å²) in [6.45, 7) is 3.23. The molecule has 6 N–H and O–H groups in total. The Kier molecular flexibility index (Phi) is 32.4. The maximum atomic E-state index is 12.8. The van der Waals surface area contributed by atoms with E-state index in [0.29, 0.717) is 12.8 Å². The first-order valence-electron chi connectivity index (χ1n) is 22.3. The molecule has 14 heteroatoms. The van der Waals surface area contributed by atoms with Gasteiger partial charge in [0.15, 0.2) is 6.10 Å². The molecule has 338 valence electrons. The van der Waals surface area contributed by atoms with Gasteiger partial charge in [0.25, 0.3) is 0 Å². The minimum Gasteiger partial charge on any atom is -0.462 e. The molecular weight excluding hydrogens is 767 g/mol. The molecule has 0 aliphatic heterocycles. The molecule has 0 bridgehead atoms. The summed E-state index contributed by atoms with van der Waals surface area (Å²) in [5.41, 5.74) is 0. The lowest BCUT2D eigenvalue weighted by Gasteiger charge is -2.41. The van der Waals surface area contributed by atoms with Crippen LogP contribution in [0, 0.1) is 0 Å². The summed E-state index contributed by atoms with van der Waals surface area (Å²) in [5.74, 6) is -1.13. The van der Waals surface area contributed by atoms with E-state index in [2.05, 4.69) is 50.3 Å². The Hall–Kier alpha value is -1.93. The van der Waals surface area contributed by atoms with Crippen LogP contribution >= 0.6 is 7.82 Å². The van der Waals surface area contributed by atoms with Crippen LogP contribution in [0.5, 0.6) is 0 Å². The quantitative estimate of drug-likeness (QED) is 0.0152. The molecule has 0 aromatic carbocycles. The Balaban J connectivity index is 2.50. The third kappa shape index (κ3) is 27.0. The van der Waals surface area contributed by atoms with Crippen molar-refractivity contribution in [3.8, 4) is 0 Å². The minimum atomic E-state index is -5.12. The van der Waals surface area contributed by atoms with Gasteiger partial charge >= 0.3 is 19.8 Å². The van der Waals surface area contributed by atoms with Gasteiger partial charge in [-0.05, 0) is 70.6 Å². The van der Waals surface area contributed by atoms with Crippen LogP contribution in [0.3, 0.4) is 0 Å². The van der Waals surface area contributed by atoms with Gasteiger partial charge in [0.2, 0.25) is 0 Å². The van der Waals surface area contributed by atoms with Crippen LogP contribution in [0.1, 0.15) is 174 Å². The summed E-state index contributed by atoms with van der Waals surface area (Å²) in [7, 11) is -5.12. The standard InChI is InChI=1S/C44H79O13P/c1-3-5-7-9-11-13-15-17-19-21-22-24-26-28-30-32-37(45)54-34-36(35-55-58(52,53)57-44-42(50)40(48)39(47)41(49)43(44)51)56-38(46)33-31-29-27-25-23-20-18-16-14-12-10-8-6-4-2/h11,13,16-19,36,39-44,47-51H,3-10,12,14-15,20-35H2,1-2H3,(H,52,53)/b13-11+,18-16+,19-17+/t36-,39?,40-,41?,42?,43?,44?/m0/s1. The van der Waals surface area contributed by atoms with Gasteiger partial charge in [0.1, 0.15) is 43.2 Å². The maximum Gasteiger partial charge on any atom is 0.472 e. The highest BCUT2D eigenvalue weighted by molar-refractivity contribution is 7.47. The molecule has 13 nitrogen and oxygen atoms in total. The average molecular weight is 847 g/mol. The largest absolute Gasteiger partial charge is 0.472 e. The van der Waals surface area contributed by atoms with Crippen molar-refractivity contribution in [3.63, 3.8) is 0 Å². The SMILES string of the molecule is CCCCC/C=C/C/C=C/CCCCCCCC(=O)OC[C@@H](COP(=O)(O)OC1C(O)C(O)C(O)[C@H](O)C1O)OC(=O)CCCCCCC/C=C/CCCCCCC. The molecular formula is C44H79O13P. The summed E-state index contributed by atoms with van der Waals surface area (Å²) in [6.07, 6.45) is 24.8. The van der Waals surface area contributed by atoms with Crippen LogP contribution in [0.25, 0.3) is 0 Å². The smallest absolute Gasteiger partial charge is 0.462 e. The molecule has 58 heavy (non-hydrogen) atoms. The van der Waals surface area contributed by atoms with E-state index in [9.17, 15) is 44.6 Å². The van der Waals surface area contributed by atoms with Crippen molar-refractivity contribution in [1.29, 1.82) is 0 Å². The van der Waals surface area contributed by atoms with Crippen molar-refractivity contribution >= 4 is 19.8 Å². The van der Waals surface area contributed by atoms with Crippen molar-refractivity contribution < 1.29 is 63.1 Å². The van der Waals surface area contributed by atoms with Gasteiger partial charge in [0, 0.05) is 12.8 Å². The fourth-order valence-corrected chi connectivity index (χ4v) is 7.52. The highest BCUT2D eigenvalue weighted by atomic mass is 31.2. The van der Waals surface area contributed by atoms with Crippen molar-refractivity contribution in [2.24, 2.45) is 0 Å². The molecule has 6 unspecified atom stereocenters. The summed E-state index contributed by atoms with van der Waals surface area (Å²) in [4.78, 5) is 35.6. The predicted octanol–water partition coefficient (Wildman–Crippen LogP) is 8.22. The molecule has 8 atom stereocenters. The number of hydrogen-bond acceptors (Lipinski definition) is 12. The second-order valence-electron chi connectivity index (χ2n) is 15.5. The van der Waals surface area contributed by atoms with Crippen LogP contribution in [-0.4, -0.2) is 98.3 Å². The second-order valence-corrected chi connectivity index (χ2v) is 16.9. The molecule has 0 aromatic heterocycles. The Morgan fingerprint density at radius 3 is 1.45 bits per heavy atom. The summed E-state index contributed by atoms with van der Waals surface area (Å²) >= 11 is 0. The molecule has 1 fully saturated rings. The topological polar surface area (TPSA) is 210 Å². The Morgan fingerprint density at radius 1 is 0.534 bits per heavy atom. The van der Waals surface area contributed by atoms with Gasteiger partial charge in [-0.2, -0.15) is 0 Å². The zero-order valence-corrected chi connectivity index (χ0v) is 36.5. The number of esters is 2. The summed E-state index contributed by atoms with van der Waals surface area (Å²) in [6, 6.07) is 0. The van der Waals surface area contributed by atoms with E-state index in [4.69, 9.17) is 18.5 Å². The summed E-state index contributed by atoms with van der Waals surface area (Å²) < 4.78 is 33.5. The lowest BCUT2D eigenvalue weighted by Crippen LogP contribution is -2.64. The van der Waals surface area contributed by atoms with Crippen molar-refractivity contribution in [1.82, 2.24) is 0 Å². The van der Waals surface area contributed by atoms with E-state index in [0.717, 1.165) is 83.5 Å². The van der Waals surface area contributed by atoms with Gasteiger partial charge in [0.05, 0.1) is 6.61 Å². The molecule has 1 aliphatic rings. The number of unbranched alkanes of at least 4 members (excludes halogenated alkanes) is 18. The van der Waals surface area contributed by atoms with E-state index in [1.165, 1.54) is 51.4 Å². The highest BCUT2D eigenvalue weighted by Crippen LogP contribution is 2.47. The van der Waals surface area contributed by atoms with Gasteiger partial charge in [-0.3, -0.25) is 18.6 Å². The number of rotatable bonds is 36. The first-order valence-corrected chi connectivity index (χ1v) is 23.8. The first-order chi connectivity index (χ1) is 27.9. The van der Waals surface area contributed by atoms with Crippen LogP contribution in [-0.2, 0) is 32.7 Å². The van der Waals surface area contributed by atoms with E-state index in [1.54, 1.807) is 0 Å². The van der Waals surface area contributed by atoms with Gasteiger partial charge in [-0.1, -0.05) is 127 Å². The fraction of sp³-hybridized carbons (Fsp3) is 0.818. The van der Waals surface area contributed by atoms with Gasteiger partial charge < -0.3 is 39.9 Å². The van der Waals surface area contributed by atoms with E-state index in [1.807, 2.05) is 0 Å². The zero-order chi connectivity index (χ0) is 42.9. The predicted molar refractivity (Wildman–Crippen MR) is 226 cm³/mol. The molecule has 1 aliphatic carbocycles. The number of phosphoric acid groups is 1. The third-order valence-corrected chi connectivity index (χ3v) is 11.2. The third-order valence-electron chi connectivity index (χ3n) is 10.2. The Bertz CT molecular complexity index is 1160. The molecule has 0 saturated heterocycles. The first kappa shape index (κ1) is 54.1. The number of aliphatic hydroxyl groups excluding tert-OH is 5. The van der Waals surface area contributed by atoms with Crippen LogP contribution < -0.4 is 0 Å². The van der Waals surface area contributed by atoms with Crippen LogP contribution in [0.2, 0.25) is 0 Å². The highest BCUT2D eigenvalue weighted by Gasteiger charge is 2.51. The molecule has 0 heterocycles. The second kappa shape index (κ2) is 34.7. The molecule has 1 rings (SSSR count). The maximum absolute atomic E-state index is 12.8. The fourth-order valence-electron chi connectivity index (χ4n) is 6.55. The number of aliphatic hydroxyl groups is 5. The molecule has 0 radical (unpaired) electrons. The molecule has 0 aromatic rings. The summed E-state index contributed by atoms with van der Waals surface area (Å²) in [5, 5.41) is 50.1. The van der Waals surface area contributed by atoms with E-state index < -0.39 is 75.7 Å². The number of hydrogen-bond donors (Lipinski definition) is 6. The lowest BCUT2D eigenvalue weighted by molar-refractivity contribution is -0.220. The molecule has 0 spiro atoms. The van der Waals surface area contributed by atoms with E-state index in [-0.39, 0.29) is 12.8 Å². The number of phosphoric ester groups is 1. The Morgan fingerprint density at radius 2 is 0.931 bits per heavy atom.